The van der Waals surface area contributed by atoms with Crippen molar-refractivity contribution >= 4 is 5.91 Å². The normalized spacial score (nSPS) is 10.6. The first-order valence-electron chi connectivity index (χ1n) is 5.73. The molecule has 0 atom stereocenters. The molecule has 0 saturated heterocycles. The summed E-state index contributed by atoms with van der Waals surface area (Å²) in [6.07, 6.45) is 0. The molecule has 1 aromatic carbocycles. The lowest BCUT2D eigenvalue weighted by atomic mass is 10.1. The molecule has 2 N–H and O–H groups in total. The van der Waals surface area contributed by atoms with Crippen molar-refractivity contribution in [3.63, 3.8) is 0 Å². The first-order valence-corrected chi connectivity index (χ1v) is 5.73. The number of carbonyl (C=O) groups excluding carboxylic acids is 1. The molecular weight excluding hydrogens is 214 g/mol. The third kappa shape index (κ3) is 4.17. The van der Waals surface area contributed by atoms with E-state index >= 15 is 0 Å². The van der Waals surface area contributed by atoms with Gasteiger partial charge >= 0.3 is 0 Å². The van der Waals surface area contributed by atoms with Crippen LogP contribution in [0.5, 0.6) is 0 Å². The molecule has 17 heavy (non-hydrogen) atoms. The largest absolute Gasteiger partial charge is 0.340 e. The van der Waals surface area contributed by atoms with Crippen LogP contribution in [0.2, 0.25) is 0 Å². The van der Waals surface area contributed by atoms with Gasteiger partial charge in [-0.15, -0.1) is 0 Å². The smallest absolute Gasteiger partial charge is 0.253 e. The van der Waals surface area contributed by atoms with Gasteiger partial charge in [-0.25, -0.2) is 0 Å². The molecule has 1 aromatic rings. The number of rotatable bonds is 5. The Morgan fingerprint density at radius 1 is 1.12 bits per heavy atom. The monoisotopic (exact) mass is 235 g/mol. The summed E-state index contributed by atoms with van der Waals surface area (Å²) in [5.41, 5.74) is 7.27. The summed E-state index contributed by atoms with van der Waals surface area (Å²) < 4.78 is 0. The predicted molar refractivity (Wildman–Crippen MR) is 69.8 cm³/mol. The molecule has 0 aliphatic carbocycles. The standard InChI is InChI=1S/C13H21N3O/c1-15(2)8-9-16(3)13(17)12-6-4-11(10-14)5-7-12/h4-7H,8-10,14H2,1-3H3. The lowest BCUT2D eigenvalue weighted by Crippen LogP contribution is -2.33. The van der Waals surface area contributed by atoms with Crippen LogP contribution in [0.1, 0.15) is 15.9 Å². The summed E-state index contributed by atoms with van der Waals surface area (Å²) in [6.45, 7) is 2.10. The number of benzene rings is 1. The van der Waals surface area contributed by atoms with E-state index in [1.807, 2.05) is 45.4 Å². The molecule has 1 rings (SSSR count). The van der Waals surface area contributed by atoms with Gasteiger partial charge in [0, 0.05) is 32.2 Å². The van der Waals surface area contributed by atoms with Crippen molar-refractivity contribution in [3.05, 3.63) is 35.4 Å². The van der Waals surface area contributed by atoms with E-state index < -0.39 is 0 Å². The molecule has 0 saturated carbocycles. The minimum absolute atomic E-state index is 0.0513. The van der Waals surface area contributed by atoms with Crippen LogP contribution < -0.4 is 5.73 Å². The number of nitrogens with two attached hydrogens (primary N) is 1. The van der Waals surface area contributed by atoms with Crippen LogP contribution in [0.4, 0.5) is 0 Å². The van der Waals surface area contributed by atoms with Gasteiger partial charge in [0.25, 0.3) is 5.91 Å². The Kier molecular flexibility index (Phi) is 5.12. The van der Waals surface area contributed by atoms with E-state index in [4.69, 9.17) is 5.73 Å². The molecule has 0 heterocycles. The molecule has 1 amide bonds. The van der Waals surface area contributed by atoms with Crippen LogP contribution in [0.25, 0.3) is 0 Å². The highest BCUT2D eigenvalue weighted by Gasteiger charge is 2.11. The minimum Gasteiger partial charge on any atom is -0.340 e. The Balaban J connectivity index is 2.61. The summed E-state index contributed by atoms with van der Waals surface area (Å²) >= 11 is 0. The maximum atomic E-state index is 12.0. The van der Waals surface area contributed by atoms with Gasteiger partial charge in [0.15, 0.2) is 0 Å². The Morgan fingerprint density at radius 2 is 1.71 bits per heavy atom. The van der Waals surface area contributed by atoms with Gasteiger partial charge in [0.2, 0.25) is 0 Å². The van der Waals surface area contributed by atoms with E-state index in [9.17, 15) is 4.79 Å². The van der Waals surface area contributed by atoms with E-state index in [1.54, 1.807) is 4.90 Å². The Hall–Kier alpha value is -1.39. The average molecular weight is 235 g/mol. The fourth-order valence-electron chi connectivity index (χ4n) is 1.46. The number of hydrogen-bond donors (Lipinski definition) is 1. The van der Waals surface area contributed by atoms with E-state index in [2.05, 4.69) is 4.90 Å². The molecule has 0 radical (unpaired) electrons. The second kappa shape index (κ2) is 6.37. The van der Waals surface area contributed by atoms with Gasteiger partial charge in [-0.2, -0.15) is 0 Å². The number of hydrogen-bond acceptors (Lipinski definition) is 3. The van der Waals surface area contributed by atoms with Crippen molar-refractivity contribution < 1.29 is 4.79 Å². The van der Waals surface area contributed by atoms with Crippen molar-refractivity contribution in [2.24, 2.45) is 5.73 Å². The molecule has 0 aromatic heterocycles. The van der Waals surface area contributed by atoms with Crippen LogP contribution in [0.15, 0.2) is 24.3 Å². The molecule has 0 aliphatic heterocycles. The summed E-state index contributed by atoms with van der Waals surface area (Å²) in [5, 5.41) is 0. The topological polar surface area (TPSA) is 49.6 Å². The average Bonchev–Trinajstić information content (AvgIpc) is 2.35. The summed E-state index contributed by atoms with van der Waals surface area (Å²) in [5.74, 6) is 0.0513. The quantitative estimate of drug-likeness (QED) is 0.820. The van der Waals surface area contributed by atoms with Crippen molar-refractivity contribution in [2.45, 2.75) is 6.54 Å². The number of nitrogens with zero attached hydrogens (tertiary/aromatic N) is 2. The molecular formula is C13H21N3O. The Bertz CT molecular complexity index is 359. The molecule has 0 spiro atoms. The summed E-state index contributed by atoms with van der Waals surface area (Å²) in [6, 6.07) is 7.45. The maximum absolute atomic E-state index is 12.0. The lowest BCUT2D eigenvalue weighted by Gasteiger charge is -2.19. The van der Waals surface area contributed by atoms with Crippen LogP contribution in [0.3, 0.4) is 0 Å². The van der Waals surface area contributed by atoms with Gasteiger partial charge in [-0.1, -0.05) is 12.1 Å². The van der Waals surface area contributed by atoms with Gasteiger partial charge in [-0.3, -0.25) is 4.79 Å². The van der Waals surface area contributed by atoms with Crippen LogP contribution in [-0.2, 0) is 6.54 Å². The summed E-state index contributed by atoms with van der Waals surface area (Å²) in [4.78, 5) is 15.8. The highest BCUT2D eigenvalue weighted by Crippen LogP contribution is 2.06. The highest BCUT2D eigenvalue weighted by atomic mass is 16.2. The fourth-order valence-corrected chi connectivity index (χ4v) is 1.46. The van der Waals surface area contributed by atoms with Gasteiger partial charge in [-0.05, 0) is 31.8 Å². The molecule has 4 nitrogen and oxygen atoms in total. The molecule has 94 valence electrons. The lowest BCUT2D eigenvalue weighted by molar-refractivity contribution is 0.0786. The fraction of sp³-hybridized carbons (Fsp3) is 0.462. The van der Waals surface area contributed by atoms with Gasteiger partial charge in [0.1, 0.15) is 0 Å². The van der Waals surface area contributed by atoms with Crippen LogP contribution in [-0.4, -0.2) is 49.9 Å². The zero-order valence-electron chi connectivity index (χ0n) is 10.8. The zero-order chi connectivity index (χ0) is 12.8. The van der Waals surface area contributed by atoms with Crippen molar-refractivity contribution in [1.29, 1.82) is 0 Å². The van der Waals surface area contributed by atoms with E-state index in [1.165, 1.54) is 0 Å². The second-order valence-electron chi connectivity index (χ2n) is 4.43. The van der Waals surface area contributed by atoms with Crippen molar-refractivity contribution in [3.8, 4) is 0 Å². The second-order valence-corrected chi connectivity index (χ2v) is 4.43. The SMILES string of the molecule is CN(C)CCN(C)C(=O)c1ccc(CN)cc1. The van der Waals surface area contributed by atoms with Crippen LogP contribution in [0, 0.1) is 0 Å². The molecule has 4 heteroatoms. The maximum Gasteiger partial charge on any atom is 0.253 e. The molecule has 0 fully saturated rings. The molecule has 0 bridgehead atoms. The first kappa shape index (κ1) is 13.7. The van der Waals surface area contributed by atoms with Crippen molar-refractivity contribution in [1.82, 2.24) is 9.80 Å². The summed E-state index contributed by atoms with van der Waals surface area (Å²) in [7, 11) is 5.81. The molecule has 0 unspecified atom stereocenters. The first-order chi connectivity index (χ1) is 8.04. The molecule has 0 aliphatic rings. The number of carbonyl (C=O) groups is 1. The van der Waals surface area contributed by atoms with E-state index in [0.29, 0.717) is 12.1 Å². The van der Waals surface area contributed by atoms with E-state index in [-0.39, 0.29) is 5.91 Å². The zero-order valence-corrected chi connectivity index (χ0v) is 10.8. The van der Waals surface area contributed by atoms with Gasteiger partial charge < -0.3 is 15.5 Å². The predicted octanol–water partition coefficient (Wildman–Crippen LogP) is 0.779. The van der Waals surface area contributed by atoms with Gasteiger partial charge in [0.05, 0.1) is 0 Å². The number of amides is 1. The highest BCUT2D eigenvalue weighted by molar-refractivity contribution is 5.94. The minimum atomic E-state index is 0.0513. The third-order valence-corrected chi connectivity index (χ3v) is 2.67. The van der Waals surface area contributed by atoms with Crippen LogP contribution >= 0.6 is 0 Å². The Labute approximate surface area is 103 Å². The third-order valence-electron chi connectivity index (χ3n) is 2.67. The number of likely N-dealkylation sites (N-methyl/N-ethyl adjacent to an activating group) is 2. The van der Waals surface area contributed by atoms with Crippen molar-refractivity contribution in [2.75, 3.05) is 34.2 Å². The Morgan fingerprint density at radius 3 is 2.18 bits per heavy atom. The van der Waals surface area contributed by atoms with E-state index in [0.717, 1.165) is 18.7 Å².